The van der Waals surface area contributed by atoms with Crippen LogP contribution < -0.4 is 11.2 Å². The summed E-state index contributed by atoms with van der Waals surface area (Å²) in [5.74, 6) is 0.142. The summed E-state index contributed by atoms with van der Waals surface area (Å²) < 4.78 is 5.80. The van der Waals surface area contributed by atoms with Gasteiger partial charge in [0.2, 0.25) is 11.6 Å². The first-order valence-electron chi connectivity index (χ1n) is 7.12. The second-order valence-electron chi connectivity index (χ2n) is 5.17. The lowest BCUT2D eigenvalue weighted by Gasteiger charge is -2.00. The van der Waals surface area contributed by atoms with Crippen molar-refractivity contribution in [2.45, 2.75) is 6.92 Å². The molecule has 0 bridgehead atoms. The fraction of sp³-hybridized carbons (Fsp3) is 0.0588. The van der Waals surface area contributed by atoms with Crippen molar-refractivity contribution in [3.8, 4) is 17.5 Å². The summed E-state index contributed by atoms with van der Waals surface area (Å²) >= 11 is 0. The van der Waals surface area contributed by atoms with Crippen LogP contribution in [0.25, 0.3) is 22.6 Å². The van der Waals surface area contributed by atoms with Crippen LogP contribution in [0.1, 0.15) is 5.56 Å². The van der Waals surface area contributed by atoms with E-state index in [-0.39, 0.29) is 5.71 Å². The van der Waals surface area contributed by atoms with E-state index in [4.69, 9.17) is 20.8 Å². The number of fused-ring (bicyclic) bond motifs is 1. The summed E-state index contributed by atoms with van der Waals surface area (Å²) in [6.45, 7) is 2.01. The van der Waals surface area contributed by atoms with Crippen molar-refractivity contribution in [1.82, 2.24) is 4.98 Å². The zero-order valence-electron chi connectivity index (χ0n) is 12.9. The van der Waals surface area contributed by atoms with Gasteiger partial charge in [-0.05, 0) is 31.2 Å². The van der Waals surface area contributed by atoms with E-state index in [1.54, 1.807) is 24.3 Å². The Balaban J connectivity index is 1.92. The number of aryl methyl sites for hydroxylation is 1. The normalized spacial score (nSPS) is 11.2. The van der Waals surface area contributed by atoms with Gasteiger partial charge in [-0.1, -0.05) is 17.7 Å². The van der Waals surface area contributed by atoms with Crippen molar-refractivity contribution in [2.24, 2.45) is 10.8 Å². The molecule has 7 heteroatoms. The molecule has 1 aromatic heterocycles. The molecule has 3 rings (SSSR count). The Labute approximate surface area is 137 Å². The number of hydrazone groups is 1. The molecule has 0 saturated heterocycles. The topological polar surface area (TPSA) is 124 Å². The van der Waals surface area contributed by atoms with E-state index < -0.39 is 5.84 Å². The highest BCUT2D eigenvalue weighted by atomic mass is 16.3. The van der Waals surface area contributed by atoms with E-state index in [9.17, 15) is 0 Å². The molecule has 0 aliphatic rings. The van der Waals surface area contributed by atoms with Crippen LogP contribution in [0.2, 0.25) is 0 Å². The Kier molecular flexibility index (Phi) is 3.95. The lowest BCUT2D eigenvalue weighted by Crippen LogP contribution is -2.21. The summed E-state index contributed by atoms with van der Waals surface area (Å²) in [5.41, 5.74) is 11.7. The predicted molar refractivity (Wildman–Crippen MR) is 92.8 cm³/mol. The molecule has 0 saturated carbocycles. The first kappa shape index (κ1) is 15.2. The summed E-state index contributed by atoms with van der Waals surface area (Å²) in [4.78, 5) is 4.47. The zero-order valence-corrected chi connectivity index (χ0v) is 12.9. The number of nitrogens with one attached hydrogen (secondary N) is 2. The molecule has 0 aliphatic carbocycles. The molecule has 0 amide bonds. The molecule has 2 aromatic carbocycles. The minimum absolute atomic E-state index is 0.187. The maximum atomic E-state index is 8.83. The molecule has 0 radical (unpaired) electrons. The van der Waals surface area contributed by atoms with Gasteiger partial charge in [0.25, 0.3) is 0 Å². The number of aromatic nitrogens is 1. The number of nitrogens with zero attached hydrogens (tertiary/aromatic N) is 3. The highest BCUT2D eigenvalue weighted by Crippen LogP contribution is 2.26. The third-order valence-electron chi connectivity index (χ3n) is 3.31. The van der Waals surface area contributed by atoms with Crippen LogP contribution in [0.15, 0.2) is 52.0 Å². The van der Waals surface area contributed by atoms with E-state index in [2.05, 4.69) is 15.5 Å². The Morgan fingerprint density at radius 1 is 1.33 bits per heavy atom. The summed E-state index contributed by atoms with van der Waals surface area (Å²) in [5, 5.41) is 19.8. The van der Waals surface area contributed by atoms with Crippen LogP contribution in [0, 0.1) is 23.7 Å². The minimum atomic E-state index is -0.396. The molecule has 118 valence electrons. The number of rotatable bonds is 4. The van der Waals surface area contributed by atoms with E-state index in [0.717, 1.165) is 11.1 Å². The van der Waals surface area contributed by atoms with Crippen LogP contribution in [0.4, 0.5) is 5.69 Å². The molecule has 0 atom stereocenters. The first-order valence-corrected chi connectivity index (χ1v) is 7.12. The van der Waals surface area contributed by atoms with Gasteiger partial charge in [-0.15, -0.1) is 0 Å². The highest BCUT2D eigenvalue weighted by molar-refractivity contribution is 6.45. The number of nitriles is 1. The number of anilines is 1. The number of amidine groups is 1. The quantitative estimate of drug-likeness (QED) is 0.387. The average Bonchev–Trinajstić information content (AvgIpc) is 2.98. The van der Waals surface area contributed by atoms with Gasteiger partial charge in [0, 0.05) is 11.6 Å². The van der Waals surface area contributed by atoms with Crippen LogP contribution in [-0.2, 0) is 0 Å². The van der Waals surface area contributed by atoms with Crippen LogP contribution in [0.5, 0.6) is 0 Å². The van der Waals surface area contributed by atoms with Crippen molar-refractivity contribution >= 4 is 28.3 Å². The molecule has 0 unspecified atom stereocenters. The fourth-order valence-electron chi connectivity index (χ4n) is 2.16. The first-order chi connectivity index (χ1) is 11.6. The number of nitrogens with two attached hydrogens (primary N) is 1. The lowest BCUT2D eigenvalue weighted by molar-refractivity contribution is 0.620. The zero-order chi connectivity index (χ0) is 17.1. The van der Waals surface area contributed by atoms with Gasteiger partial charge in [0.05, 0.1) is 5.69 Å². The third-order valence-corrected chi connectivity index (χ3v) is 3.31. The summed E-state index contributed by atoms with van der Waals surface area (Å²) in [6, 6.07) is 14.9. The average molecular weight is 318 g/mol. The van der Waals surface area contributed by atoms with Crippen molar-refractivity contribution in [2.75, 3.05) is 5.43 Å². The third kappa shape index (κ3) is 3.08. The molecule has 0 fully saturated rings. The molecule has 0 spiro atoms. The summed E-state index contributed by atoms with van der Waals surface area (Å²) in [7, 11) is 0. The van der Waals surface area contributed by atoms with Crippen molar-refractivity contribution in [1.29, 1.82) is 10.7 Å². The number of hydrogen-bond donors (Lipinski definition) is 3. The smallest absolute Gasteiger partial charge is 0.227 e. The largest absolute Gasteiger partial charge is 0.436 e. The van der Waals surface area contributed by atoms with Crippen LogP contribution in [0.3, 0.4) is 0 Å². The van der Waals surface area contributed by atoms with Gasteiger partial charge in [-0.2, -0.15) is 10.4 Å². The molecular weight excluding hydrogens is 304 g/mol. The van der Waals surface area contributed by atoms with Gasteiger partial charge in [-0.3, -0.25) is 10.8 Å². The highest BCUT2D eigenvalue weighted by Gasteiger charge is 2.09. The minimum Gasteiger partial charge on any atom is -0.436 e. The lowest BCUT2D eigenvalue weighted by atomic mass is 10.1. The second kappa shape index (κ2) is 6.22. The second-order valence-corrected chi connectivity index (χ2v) is 5.17. The molecule has 24 heavy (non-hydrogen) atoms. The monoisotopic (exact) mass is 318 g/mol. The van der Waals surface area contributed by atoms with Gasteiger partial charge in [-0.25, -0.2) is 4.98 Å². The molecule has 4 N–H and O–H groups in total. The maximum Gasteiger partial charge on any atom is 0.227 e. The number of hydrogen-bond acceptors (Lipinski definition) is 6. The number of oxazole rings is 1. The van der Waals surface area contributed by atoms with Crippen molar-refractivity contribution < 1.29 is 4.42 Å². The molecule has 0 aliphatic heterocycles. The van der Waals surface area contributed by atoms with Crippen molar-refractivity contribution in [3.63, 3.8) is 0 Å². The van der Waals surface area contributed by atoms with E-state index in [1.807, 2.05) is 31.2 Å². The predicted octanol–water partition coefficient (Wildman–Crippen LogP) is 3.03. The molecule has 7 nitrogen and oxygen atoms in total. The van der Waals surface area contributed by atoms with Crippen LogP contribution in [-0.4, -0.2) is 16.5 Å². The number of benzene rings is 2. The van der Waals surface area contributed by atoms with E-state index in [0.29, 0.717) is 22.7 Å². The summed E-state index contributed by atoms with van der Waals surface area (Å²) in [6.07, 6.45) is 0. The van der Waals surface area contributed by atoms with E-state index in [1.165, 1.54) is 0 Å². The van der Waals surface area contributed by atoms with Gasteiger partial charge < -0.3 is 10.2 Å². The Bertz CT molecular complexity index is 996. The molecular formula is C17H14N6O. The fourth-order valence-corrected chi connectivity index (χ4v) is 2.16. The SMILES string of the molecule is Cc1cccc(-c2nc3ccc(N/N=C(\C#N)C(=N)N)cc3o2)c1. The Morgan fingerprint density at radius 3 is 2.88 bits per heavy atom. The Hall–Kier alpha value is -3.66. The van der Waals surface area contributed by atoms with Crippen LogP contribution >= 0.6 is 0 Å². The van der Waals surface area contributed by atoms with E-state index >= 15 is 0 Å². The maximum absolute atomic E-state index is 8.83. The Morgan fingerprint density at radius 2 is 2.17 bits per heavy atom. The standard InChI is InChI=1S/C17H14N6O/c1-10-3-2-4-11(7-10)17-21-13-6-5-12(8-15(13)24-17)22-23-14(9-18)16(19)20/h2-8,22H,1H3,(H3,19,20)/b23-14+. The molecule has 1 heterocycles. The van der Waals surface area contributed by atoms with Gasteiger partial charge >= 0.3 is 0 Å². The molecule has 3 aromatic rings. The van der Waals surface area contributed by atoms with Gasteiger partial charge in [0.15, 0.2) is 11.4 Å². The van der Waals surface area contributed by atoms with Gasteiger partial charge in [0.1, 0.15) is 11.6 Å². The van der Waals surface area contributed by atoms with Crippen molar-refractivity contribution in [3.05, 3.63) is 48.0 Å².